The van der Waals surface area contributed by atoms with Gasteiger partial charge in [-0.05, 0) is 48.4 Å². The van der Waals surface area contributed by atoms with Crippen molar-refractivity contribution in [2.24, 2.45) is 4.99 Å². The monoisotopic (exact) mass is 332 g/mol. The topological polar surface area (TPSA) is 61.7 Å². The Labute approximate surface area is 137 Å². The average Bonchev–Trinajstić information content (AvgIpc) is 2.81. The molecule has 1 saturated heterocycles. The number of aliphatic imine (C=N–C) groups is 1. The molecule has 1 fully saturated rings. The number of nitrogens with zero attached hydrogens (tertiary/aromatic N) is 1. The summed E-state index contributed by atoms with van der Waals surface area (Å²) in [6.45, 7) is 0. The van der Waals surface area contributed by atoms with Gasteiger partial charge in [0, 0.05) is 5.02 Å². The molecule has 0 radical (unpaired) electrons. The van der Waals surface area contributed by atoms with Gasteiger partial charge >= 0.3 is 0 Å². The minimum absolute atomic E-state index is 0.0532. The summed E-state index contributed by atoms with van der Waals surface area (Å²) < 4.78 is 0. The zero-order valence-corrected chi connectivity index (χ0v) is 13.1. The third-order valence-corrected chi connectivity index (χ3v) is 4.48. The van der Waals surface area contributed by atoms with Crippen molar-refractivity contribution in [3.05, 3.63) is 59.1 Å². The van der Waals surface area contributed by atoms with Gasteiger partial charge in [-0.2, -0.15) is 0 Å². The van der Waals surface area contributed by atoms with E-state index in [0.717, 1.165) is 5.56 Å². The first-order chi connectivity index (χ1) is 10.6. The fourth-order valence-electron chi connectivity index (χ4n) is 2.11. The lowest BCUT2D eigenvalue weighted by Gasteiger charge is -2.05. The quantitative estimate of drug-likeness (QED) is 0.904. The van der Waals surface area contributed by atoms with Crippen molar-refractivity contribution >= 4 is 40.1 Å². The Hall–Kier alpha value is -1.98. The van der Waals surface area contributed by atoms with E-state index < -0.39 is 0 Å². The van der Waals surface area contributed by atoms with Gasteiger partial charge in [0.1, 0.15) is 5.75 Å². The van der Waals surface area contributed by atoms with Gasteiger partial charge in [0.15, 0.2) is 5.17 Å². The van der Waals surface area contributed by atoms with Crippen LogP contribution >= 0.6 is 23.4 Å². The number of nitrogens with one attached hydrogen (secondary N) is 1. The number of aromatic hydroxyl groups is 1. The third kappa shape index (κ3) is 3.61. The van der Waals surface area contributed by atoms with E-state index in [0.29, 0.717) is 22.3 Å². The number of hydrogen-bond donors (Lipinski definition) is 2. The molecule has 0 aliphatic carbocycles. The van der Waals surface area contributed by atoms with Crippen molar-refractivity contribution in [2.75, 3.05) is 0 Å². The molecular formula is C16H13ClN2O2S. The van der Waals surface area contributed by atoms with Gasteiger partial charge in [0.25, 0.3) is 0 Å². The van der Waals surface area contributed by atoms with E-state index in [1.165, 1.54) is 11.8 Å². The summed E-state index contributed by atoms with van der Waals surface area (Å²) in [7, 11) is 0. The van der Waals surface area contributed by atoms with Crippen LogP contribution in [0.3, 0.4) is 0 Å². The predicted octanol–water partition coefficient (Wildman–Crippen LogP) is 3.51. The maximum atomic E-state index is 12.0. The smallest absolute Gasteiger partial charge is 0.239 e. The number of carbonyl (C=O) groups excluding carboxylic acids is 1. The molecule has 2 N–H and O–H groups in total. The predicted molar refractivity (Wildman–Crippen MR) is 89.9 cm³/mol. The molecule has 0 saturated carbocycles. The lowest BCUT2D eigenvalue weighted by molar-refractivity contribution is -0.118. The fourth-order valence-corrected chi connectivity index (χ4v) is 3.36. The highest BCUT2D eigenvalue weighted by molar-refractivity contribution is 8.15. The molecule has 2 aromatic rings. The van der Waals surface area contributed by atoms with Gasteiger partial charge in [0.2, 0.25) is 5.91 Å². The van der Waals surface area contributed by atoms with Crippen LogP contribution in [0.1, 0.15) is 5.56 Å². The second-order valence-corrected chi connectivity index (χ2v) is 6.49. The Morgan fingerprint density at radius 1 is 1.23 bits per heavy atom. The zero-order valence-electron chi connectivity index (χ0n) is 11.5. The highest BCUT2D eigenvalue weighted by atomic mass is 35.5. The number of rotatable bonds is 3. The molecule has 112 valence electrons. The molecule has 1 aliphatic heterocycles. The largest absolute Gasteiger partial charge is 0.508 e. The molecule has 4 nitrogen and oxygen atoms in total. The molecule has 1 heterocycles. The van der Waals surface area contributed by atoms with Crippen LogP contribution in [-0.2, 0) is 11.2 Å². The van der Waals surface area contributed by atoms with Crippen LogP contribution in [0, 0.1) is 0 Å². The first-order valence-electron chi connectivity index (χ1n) is 6.70. The van der Waals surface area contributed by atoms with Crippen LogP contribution in [0.5, 0.6) is 5.75 Å². The lowest BCUT2D eigenvalue weighted by Crippen LogP contribution is -2.25. The van der Waals surface area contributed by atoms with Crippen LogP contribution in [-0.4, -0.2) is 21.4 Å². The number of benzene rings is 2. The lowest BCUT2D eigenvalue weighted by atomic mass is 10.1. The Balaban J connectivity index is 1.71. The van der Waals surface area contributed by atoms with Crippen LogP contribution in [0.4, 0.5) is 5.69 Å². The Kier molecular flexibility index (Phi) is 4.36. The van der Waals surface area contributed by atoms with Gasteiger partial charge < -0.3 is 10.4 Å². The molecule has 0 aromatic heterocycles. The van der Waals surface area contributed by atoms with Gasteiger partial charge in [-0.3, -0.25) is 4.79 Å². The maximum Gasteiger partial charge on any atom is 0.239 e. The minimum atomic E-state index is -0.214. The SMILES string of the molecule is O=C1NC(=Nc2ccc(O)cc2)SC1Cc1cccc(Cl)c1. The highest BCUT2D eigenvalue weighted by Crippen LogP contribution is 2.27. The van der Waals surface area contributed by atoms with E-state index in [-0.39, 0.29) is 16.9 Å². The van der Waals surface area contributed by atoms with Gasteiger partial charge in [0.05, 0.1) is 10.9 Å². The molecular weight excluding hydrogens is 320 g/mol. The third-order valence-electron chi connectivity index (χ3n) is 3.17. The molecule has 1 aliphatic rings. The zero-order chi connectivity index (χ0) is 15.5. The molecule has 1 atom stereocenters. The van der Waals surface area contributed by atoms with Gasteiger partial charge in [-0.1, -0.05) is 35.5 Å². The number of halogens is 1. The number of amides is 1. The van der Waals surface area contributed by atoms with Crippen LogP contribution in [0.25, 0.3) is 0 Å². The van der Waals surface area contributed by atoms with E-state index in [9.17, 15) is 9.90 Å². The van der Waals surface area contributed by atoms with E-state index in [1.54, 1.807) is 24.3 Å². The molecule has 3 rings (SSSR count). The van der Waals surface area contributed by atoms with Crippen molar-refractivity contribution in [3.63, 3.8) is 0 Å². The summed E-state index contributed by atoms with van der Waals surface area (Å²) >= 11 is 7.37. The number of hydrogen-bond acceptors (Lipinski definition) is 4. The van der Waals surface area contributed by atoms with Crippen molar-refractivity contribution in [3.8, 4) is 5.75 Å². The number of phenols is 1. The van der Waals surface area contributed by atoms with Crippen LogP contribution in [0.15, 0.2) is 53.5 Å². The van der Waals surface area contributed by atoms with Crippen LogP contribution in [0.2, 0.25) is 5.02 Å². The van der Waals surface area contributed by atoms with E-state index in [4.69, 9.17) is 11.6 Å². The molecule has 22 heavy (non-hydrogen) atoms. The second-order valence-electron chi connectivity index (χ2n) is 4.86. The summed E-state index contributed by atoms with van der Waals surface area (Å²) in [5, 5.41) is 13.1. The van der Waals surface area contributed by atoms with E-state index >= 15 is 0 Å². The Morgan fingerprint density at radius 2 is 2.00 bits per heavy atom. The molecule has 0 bridgehead atoms. The van der Waals surface area contributed by atoms with Crippen molar-refractivity contribution < 1.29 is 9.90 Å². The number of phenolic OH excluding ortho intramolecular Hbond substituents is 1. The summed E-state index contributed by atoms with van der Waals surface area (Å²) in [6, 6.07) is 14.0. The Morgan fingerprint density at radius 3 is 2.73 bits per heavy atom. The van der Waals surface area contributed by atoms with E-state index in [2.05, 4.69) is 10.3 Å². The molecule has 6 heteroatoms. The van der Waals surface area contributed by atoms with Crippen LogP contribution < -0.4 is 5.32 Å². The minimum Gasteiger partial charge on any atom is -0.508 e. The first-order valence-corrected chi connectivity index (χ1v) is 7.95. The second kappa shape index (κ2) is 6.42. The summed E-state index contributed by atoms with van der Waals surface area (Å²) in [4.78, 5) is 16.4. The summed E-state index contributed by atoms with van der Waals surface area (Å²) in [5.74, 6) is 0.133. The Bertz CT molecular complexity index is 731. The normalized spacial score (nSPS) is 19.4. The van der Waals surface area contributed by atoms with E-state index in [1.807, 2.05) is 24.3 Å². The first kappa shape index (κ1) is 14.9. The molecule has 0 spiro atoms. The van der Waals surface area contributed by atoms with Crippen molar-refractivity contribution in [1.82, 2.24) is 5.32 Å². The molecule has 1 amide bonds. The maximum absolute atomic E-state index is 12.0. The summed E-state index contributed by atoms with van der Waals surface area (Å²) in [5.41, 5.74) is 1.70. The highest BCUT2D eigenvalue weighted by Gasteiger charge is 2.30. The number of amidine groups is 1. The molecule has 1 unspecified atom stereocenters. The number of thioether (sulfide) groups is 1. The standard InChI is InChI=1S/C16H13ClN2O2S/c17-11-3-1-2-10(8-11)9-14-15(21)19-16(22-14)18-12-4-6-13(20)7-5-12/h1-8,14,20H,9H2,(H,18,19,21). The average molecular weight is 333 g/mol. The van der Waals surface area contributed by atoms with Crippen molar-refractivity contribution in [2.45, 2.75) is 11.7 Å². The van der Waals surface area contributed by atoms with Gasteiger partial charge in [-0.15, -0.1) is 0 Å². The number of carbonyl (C=O) groups is 1. The van der Waals surface area contributed by atoms with Crippen molar-refractivity contribution in [1.29, 1.82) is 0 Å². The fraction of sp³-hybridized carbons (Fsp3) is 0.125. The van der Waals surface area contributed by atoms with Gasteiger partial charge in [-0.25, -0.2) is 4.99 Å². The molecule has 2 aromatic carbocycles. The summed E-state index contributed by atoms with van der Waals surface area (Å²) in [6.07, 6.45) is 0.603.